The van der Waals surface area contributed by atoms with Crippen molar-refractivity contribution in [2.75, 3.05) is 6.54 Å². The van der Waals surface area contributed by atoms with Crippen LogP contribution in [0, 0.1) is 11.2 Å². The molecule has 1 saturated carbocycles. The molecule has 1 aromatic carbocycles. The summed E-state index contributed by atoms with van der Waals surface area (Å²) in [7, 11) is 0. The molecule has 4 heteroatoms. The van der Waals surface area contributed by atoms with Crippen molar-refractivity contribution in [3.63, 3.8) is 0 Å². The first-order valence-corrected chi connectivity index (χ1v) is 5.62. The second-order valence-corrected chi connectivity index (χ2v) is 4.74. The van der Waals surface area contributed by atoms with Gasteiger partial charge in [-0.25, -0.2) is 4.39 Å². The molecule has 0 unspecified atom stereocenters. The van der Waals surface area contributed by atoms with Crippen LogP contribution in [0.1, 0.15) is 18.4 Å². The molecular weight excluding hydrogens is 229 g/mol. The van der Waals surface area contributed by atoms with E-state index >= 15 is 0 Å². The lowest BCUT2D eigenvalue weighted by molar-refractivity contribution is -0.123. The van der Waals surface area contributed by atoms with Crippen LogP contribution >= 0.6 is 11.6 Å². The van der Waals surface area contributed by atoms with Gasteiger partial charge in [-0.05, 0) is 30.5 Å². The van der Waals surface area contributed by atoms with Gasteiger partial charge in [-0.2, -0.15) is 0 Å². The van der Waals surface area contributed by atoms with Crippen LogP contribution in [0.4, 0.5) is 4.39 Å². The Morgan fingerprint density at radius 3 is 2.69 bits per heavy atom. The molecule has 0 aliphatic heterocycles. The highest BCUT2D eigenvalue weighted by atomic mass is 35.5. The highest BCUT2D eigenvalue weighted by molar-refractivity contribution is 6.30. The minimum atomic E-state index is -0.460. The van der Waals surface area contributed by atoms with E-state index in [1.807, 2.05) is 0 Å². The highest BCUT2D eigenvalue weighted by Crippen LogP contribution is 2.46. The Balaban J connectivity index is 2.09. The highest BCUT2D eigenvalue weighted by Gasteiger charge is 2.47. The number of carbonyl (C=O) groups is 1. The maximum atomic E-state index is 12.9. The Morgan fingerprint density at radius 1 is 1.50 bits per heavy atom. The summed E-state index contributed by atoms with van der Waals surface area (Å²) in [5, 5.41) is 0.0582. The molecule has 1 aliphatic rings. The van der Waals surface area contributed by atoms with Crippen LogP contribution in [-0.4, -0.2) is 12.3 Å². The average molecular weight is 242 g/mol. The van der Waals surface area contributed by atoms with E-state index in [-0.39, 0.29) is 22.6 Å². The maximum Gasteiger partial charge on any atom is 0.144 e. The molecule has 0 amide bonds. The third kappa shape index (κ3) is 2.11. The normalized spacial score (nSPS) is 17.2. The van der Waals surface area contributed by atoms with Gasteiger partial charge in [-0.1, -0.05) is 17.7 Å². The zero-order chi connectivity index (χ0) is 11.8. The first-order chi connectivity index (χ1) is 7.57. The van der Waals surface area contributed by atoms with E-state index in [4.69, 9.17) is 17.3 Å². The van der Waals surface area contributed by atoms with Gasteiger partial charge < -0.3 is 5.73 Å². The summed E-state index contributed by atoms with van der Waals surface area (Å²) in [5.41, 5.74) is 6.01. The Morgan fingerprint density at radius 2 is 2.19 bits per heavy atom. The lowest BCUT2D eigenvalue weighted by Gasteiger charge is -2.10. The number of halogens is 2. The minimum Gasteiger partial charge on any atom is -0.329 e. The molecule has 2 N–H and O–H groups in total. The first kappa shape index (κ1) is 11.6. The molecule has 0 saturated heterocycles. The molecule has 0 aromatic heterocycles. The zero-order valence-corrected chi connectivity index (χ0v) is 9.56. The Bertz CT molecular complexity index is 429. The van der Waals surface area contributed by atoms with Gasteiger partial charge in [0.15, 0.2) is 0 Å². The lowest BCUT2D eigenvalue weighted by atomic mass is 9.95. The SMILES string of the molecule is NCC1(C(=O)Cc2ccc(F)c(Cl)c2)CC1. The number of Topliss-reactive ketones (excluding diaryl/α,β-unsaturated/α-hetero) is 1. The molecule has 0 atom stereocenters. The smallest absolute Gasteiger partial charge is 0.144 e. The molecule has 1 fully saturated rings. The summed E-state index contributed by atoms with van der Waals surface area (Å²) in [5.74, 6) is -0.324. The summed E-state index contributed by atoms with van der Waals surface area (Å²) in [6, 6.07) is 4.38. The summed E-state index contributed by atoms with van der Waals surface area (Å²) < 4.78 is 12.9. The van der Waals surface area contributed by atoms with Crippen molar-refractivity contribution in [3.05, 3.63) is 34.6 Å². The molecule has 1 aliphatic carbocycles. The van der Waals surface area contributed by atoms with Gasteiger partial charge in [-0.15, -0.1) is 0 Å². The summed E-state index contributed by atoms with van der Waals surface area (Å²) >= 11 is 5.65. The van der Waals surface area contributed by atoms with E-state index in [0.29, 0.717) is 6.54 Å². The van der Waals surface area contributed by atoms with E-state index in [2.05, 4.69) is 0 Å². The number of carbonyl (C=O) groups excluding carboxylic acids is 1. The summed E-state index contributed by atoms with van der Waals surface area (Å²) in [6.07, 6.45) is 2.03. The quantitative estimate of drug-likeness (QED) is 0.879. The molecule has 0 bridgehead atoms. The topological polar surface area (TPSA) is 43.1 Å². The van der Waals surface area contributed by atoms with E-state index in [9.17, 15) is 9.18 Å². The fourth-order valence-corrected chi connectivity index (χ4v) is 1.97. The van der Waals surface area contributed by atoms with Crippen LogP contribution in [0.2, 0.25) is 5.02 Å². The fraction of sp³-hybridized carbons (Fsp3) is 0.417. The van der Waals surface area contributed by atoms with Gasteiger partial charge >= 0.3 is 0 Å². The standard InChI is InChI=1S/C12H13ClFNO/c13-9-5-8(1-2-10(9)14)6-11(16)12(7-15)3-4-12/h1-2,5H,3-4,6-7,15H2. The van der Waals surface area contributed by atoms with Crippen molar-refractivity contribution in [1.82, 2.24) is 0 Å². The monoisotopic (exact) mass is 241 g/mol. The van der Waals surface area contributed by atoms with Crippen molar-refractivity contribution >= 4 is 17.4 Å². The molecule has 0 spiro atoms. The minimum absolute atomic E-state index is 0.0582. The van der Waals surface area contributed by atoms with Gasteiger partial charge in [0.25, 0.3) is 0 Å². The van der Waals surface area contributed by atoms with Crippen LogP contribution in [0.3, 0.4) is 0 Å². The van der Waals surface area contributed by atoms with E-state index in [0.717, 1.165) is 18.4 Å². The molecule has 2 rings (SSSR count). The Kier molecular flexibility index (Phi) is 3.00. The third-order valence-corrected chi connectivity index (χ3v) is 3.47. The van der Waals surface area contributed by atoms with Crippen molar-refractivity contribution in [2.45, 2.75) is 19.3 Å². The number of rotatable bonds is 4. The largest absolute Gasteiger partial charge is 0.329 e. The van der Waals surface area contributed by atoms with Crippen molar-refractivity contribution < 1.29 is 9.18 Å². The zero-order valence-electron chi connectivity index (χ0n) is 8.80. The summed E-state index contributed by atoms with van der Waals surface area (Å²) in [6.45, 7) is 0.404. The molecule has 16 heavy (non-hydrogen) atoms. The second-order valence-electron chi connectivity index (χ2n) is 4.33. The number of benzene rings is 1. The Hall–Kier alpha value is -0.930. The molecule has 0 radical (unpaired) electrons. The molecular formula is C12H13ClFNO. The van der Waals surface area contributed by atoms with Gasteiger partial charge in [0.1, 0.15) is 11.6 Å². The average Bonchev–Trinajstić information content (AvgIpc) is 3.04. The van der Waals surface area contributed by atoms with Crippen LogP contribution in [0.5, 0.6) is 0 Å². The van der Waals surface area contributed by atoms with E-state index < -0.39 is 5.82 Å². The van der Waals surface area contributed by atoms with Crippen molar-refractivity contribution in [3.8, 4) is 0 Å². The van der Waals surface area contributed by atoms with Crippen molar-refractivity contribution in [1.29, 1.82) is 0 Å². The van der Waals surface area contributed by atoms with E-state index in [1.165, 1.54) is 12.1 Å². The third-order valence-electron chi connectivity index (χ3n) is 3.18. The predicted molar refractivity (Wildman–Crippen MR) is 60.8 cm³/mol. The molecule has 86 valence electrons. The fourth-order valence-electron chi connectivity index (χ4n) is 1.77. The number of hydrogen-bond acceptors (Lipinski definition) is 2. The number of hydrogen-bond donors (Lipinski definition) is 1. The number of ketones is 1. The molecule has 0 heterocycles. The summed E-state index contributed by atoms with van der Waals surface area (Å²) in [4.78, 5) is 11.9. The van der Waals surface area contributed by atoms with E-state index in [1.54, 1.807) is 6.07 Å². The first-order valence-electron chi connectivity index (χ1n) is 5.25. The lowest BCUT2D eigenvalue weighted by Crippen LogP contribution is -2.26. The van der Waals surface area contributed by atoms with Crippen LogP contribution in [0.25, 0.3) is 0 Å². The van der Waals surface area contributed by atoms with Crippen LogP contribution in [0.15, 0.2) is 18.2 Å². The van der Waals surface area contributed by atoms with Gasteiger partial charge in [0.05, 0.1) is 5.02 Å². The molecule has 1 aromatic rings. The Labute approximate surface area is 98.6 Å². The molecule has 2 nitrogen and oxygen atoms in total. The maximum absolute atomic E-state index is 12.9. The predicted octanol–water partition coefficient (Wildman–Crippen LogP) is 2.33. The second kappa shape index (κ2) is 4.15. The van der Waals surface area contributed by atoms with Crippen LogP contribution in [-0.2, 0) is 11.2 Å². The van der Waals surface area contributed by atoms with Crippen LogP contribution < -0.4 is 5.73 Å². The van der Waals surface area contributed by atoms with Gasteiger partial charge in [0.2, 0.25) is 0 Å². The van der Waals surface area contributed by atoms with Crippen molar-refractivity contribution in [2.24, 2.45) is 11.1 Å². The van der Waals surface area contributed by atoms with Gasteiger partial charge in [0, 0.05) is 18.4 Å². The van der Waals surface area contributed by atoms with Gasteiger partial charge in [-0.3, -0.25) is 4.79 Å². The number of nitrogens with two attached hydrogens (primary N) is 1.